The highest BCUT2D eigenvalue weighted by Crippen LogP contribution is 2.16. The number of nitrogens with zero attached hydrogens (tertiary/aromatic N) is 1. The molecule has 0 aliphatic carbocycles. The smallest absolute Gasteiger partial charge is 0.308 e. The van der Waals surface area contributed by atoms with Crippen molar-refractivity contribution in [1.82, 2.24) is 21.3 Å². The molecule has 0 bridgehead atoms. The van der Waals surface area contributed by atoms with Crippen LogP contribution in [0.15, 0.2) is 35.3 Å². The van der Waals surface area contributed by atoms with Gasteiger partial charge in [-0.25, -0.2) is 0 Å². The molecule has 7 nitrogen and oxygen atoms in total. The Morgan fingerprint density at radius 1 is 1.00 bits per heavy atom. The number of hydrogen-bond acceptors (Lipinski definition) is 4. The number of guanidine groups is 1. The lowest BCUT2D eigenvalue weighted by Gasteiger charge is -2.48. The fraction of sp³-hybridized carbons (Fsp3) is 0.667. The summed E-state index contributed by atoms with van der Waals surface area (Å²) in [6.45, 7) is 7.48. The third-order valence-electron chi connectivity index (χ3n) is 5.42. The summed E-state index contributed by atoms with van der Waals surface area (Å²) in [6.07, 6.45) is 9.94. The molecule has 1 heterocycles. The van der Waals surface area contributed by atoms with Gasteiger partial charge in [0.15, 0.2) is 11.7 Å². The van der Waals surface area contributed by atoms with Gasteiger partial charge in [0.2, 0.25) is 0 Å². The molecule has 0 aromatic heterocycles. The molecule has 1 atom stereocenters. The molecule has 1 aromatic rings. The Morgan fingerprint density at radius 3 is 2.29 bits per heavy atom. The predicted molar refractivity (Wildman–Crippen MR) is 127 cm³/mol. The van der Waals surface area contributed by atoms with Gasteiger partial charge in [-0.05, 0) is 25.8 Å². The predicted octanol–water partition coefficient (Wildman–Crippen LogP) is 3.92. The first-order valence-electron chi connectivity index (χ1n) is 11.7. The van der Waals surface area contributed by atoms with Crippen LogP contribution in [0.4, 0.5) is 0 Å². The van der Waals surface area contributed by atoms with Crippen molar-refractivity contribution in [1.29, 1.82) is 0 Å². The van der Waals surface area contributed by atoms with Crippen LogP contribution in [0, 0.1) is 0 Å². The zero-order chi connectivity index (χ0) is 22.6. The van der Waals surface area contributed by atoms with E-state index in [4.69, 9.17) is 4.99 Å². The van der Waals surface area contributed by atoms with E-state index in [0.717, 1.165) is 18.5 Å². The quantitative estimate of drug-likeness (QED) is 0.287. The standard InChI is InChI=1S/C24H41N5O2/c1-4-5-6-7-8-9-10-14-17-25-22-27-23(2,3)29-24(28-22,18-21(30)31)26-19-20-15-12-11-13-16-20/h11-13,15-16,26,29H,4-10,14,17-19H2,1-3H3,(H,30,31)(H2,25,27,28). The molecule has 0 amide bonds. The zero-order valence-electron chi connectivity index (χ0n) is 19.5. The van der Waals surface area contributed by atoms with Crippen LogP contribution in [-0.2, 0) is 11.3 Å². The van der Waals surface area contributed by atoms with Gasteiger partial charge in [-0.2, -0.15) is 0 Å². The second-order valence-corrected chi connectivity index (χ2v) is 9.02. The Balaban J connectivity index is 1.92. The minimum Gasteiger partial charge on any atom is -0.481 e. The molecule has 1 aromatic carbocycles. The first-order valence-corrected chi connectivity index (χ1v) is 11.7. The van der Waals surface area contributed by atoms with Gasteiger partial charge in [0.1, 0.15) is 0 Å². The summed E-state index contributed by atoms with van der Waals surface area (Å²) in [6, 6.07) is 9.96. The second kappa shape index (κ2) is 12.7. The topological polar surface area (TPSA) is 97.8 Å². The van der Waals surface area contributed by atoms with Crippen molar-refractivity contribution in [3.63, 3.8) is 0 Å². The number of benzene rings is 1. The summed E-state index contributed by atoms with van der Waals surface area (Å²) >= 11 is 0. The Labute approximate surface area is 187 Å². The van der Waals surface area contributed by atoms with E-state index >= 15 is 0 Å². The van der Waals surface area contributed by atoms with Gasteiger partial charge < -0.3 is 15.7 Å². The Morgan fingerprint density at radius 2 is 1.65 bits per heavy atom. The lowest BCUT2D eigenvalue weighted by molar-refractivity contribution is -0.140. The van der Waals surface area contributed by atoms with E-state index in [0.29, 0.717) is 12.5 Å². The maximum atomic E-state index is 11.6. The van der Waals surface area contributed by atoms with Crippen molar-refractivity contribution in [2.75, 3.05) is 6.54 Å². The molecule has 0 radical (unpaired) electrons. The third kappa shape index (κ3) is 9.70. The third-order valence-corrected chi connectivity index (χ3v) is 5.42. The Kier molecular flexibility index (Phi) is 10.3. The fourth-order valence-electron chi connectivity index (χ4n) is 3.96. The summed E-state index contributed by atoms with van der Waals surface area (Å²) in [7, 11) is 0. The minimum absolute atomic E-state index is 0.123. The highest BCUT2D eigenvalue weighted by molar-refractivity contribution is 5.83. The van der Waals surface area contributed by atoms with Gasteiger partial charge in [-0.15, -0.1) is 0 Å². The van der Waals surface area contributed by atoms with Gasteiger partial charge in [-0.3, -0.25) is 20.4 Å². The van der Waals surface area contributed by atoms with Crippen LogP contribution in [0.1, 0.15) is 84.1 Å². The summed E-state index contributed by atoms with van der Waals surface area (Å²) in [4.78, 5) is 16.4. The first kappa shape index (κ1) is 25.1. The van der Waals surface area contributed by atoms with E-state index in [2.05, 4.69) is 28.2 Å². The van der Waals surface area contributed by atoms with Crippen molar-refractivity contribution < 1.29 is 9.90 Å². The number of aliphatic imine (C=N–C) groups is 1. The Bertz CT molecular complexity index is 692. The molecule has 5 N–H and O–H groups in total. The van der Waals surface area contributed by atoms with Crippen molar-refractivity contribution in [2.24, 2.45) is 4.99 Å². The maximum Gasteiger partial charge on any atom is 0.308 e. The number of rotatable bonds is 14. The lowest BCUT2D eigenvalue weighted by Crippen LogP contribution is -2.81. The number of carboxylic acids is 1. The van der Waals surface area contributed by atoms with Crippen molar-refractivity contribution in [2.45, 2.75) is 96.6 Å². The number of unbranched alkanes of at least 4 members (excludes halogenated alkanes) is 7. The SMILES string of the molecule is CCCCCCCCCCN=C1NC(C)(C)NC(CC(=O)O)(NCc2ccccc2)N1. The number of aliphatic carboxylic acids is 1. The summed E-state index contributed by atoms with van der Waals surface area (Å²) in [5, 5.41) is 22.9. The number of carboxylic acid groups (broad SMARTS) is 1. The van der Waals surface area contributed by atoms with Crippen LogP contribution in [0.5, 0.6) is 0 Å². The molecule has 0 saturated carbocycles. The zero-order valence-corrected chi connectivity index (χ0v) is 19.5. The molecule has 31 heavy (non-hydrogen) atoms. The number of hydrogen-bond donors (Lipinski definition) is 5. The van der Waals surface area contributed by atoms with E-state index < -0.39 is 17.4 Å². The van der Waals surface area contributed by atoms with Crippen molar-refractivity contribution in [3.05, 3.63) is 35.9 Å². The van der Waals surface area contributed by atoms with Crippen molar-refractivity contribution >= 4 is 11.9 Å². The van der Waals surface area contributed by atoms with E-state index in [1.165, 1.54) is 44.9 Å². The monoisotopic (exact) mass is 431 g/mol. The highest BCUT2D eigenvalue weighted by atomic mass is 16.4. The molecule has 1 fully saturated rings. The van der Waals surface area contributed by atoms with Crippen molar-refractivity contribution in [3.8, 4) is 0 Å². The number of nitrogens with one attached hydrogen (secondary N) is 4. The van der Waals surface area contributed by atoms with Crippen LogP contribution in [0.25, 0.3) is 0 Å². The van der Waals surface area contributed by atoms with E-state index in [9.17, 15) is 9.90 Å². The number of carbonyl (C=O) groups is 1. The van der Waals surface area contributed by atoms with E-state index in [-0.39, 0.29) is 6.42 Å². The first-order chi connectivity index (χ1) is 14.8. The maximum absolute atomic E-state index is 11.6. The normalized spacial score (nSPS) is 21.5. The van der Waals surface area contributed by atoms with Gasteiger partial charge in [0.25, 0.3) is 0 Å². The molecule has 1 aliphatic rings. The molecule has 174 valence electrons. The van der Waals surface area contributed by atoms with Gasteiger partial charge >= 0.3 is 5.97 Å². The van der Waals surface area contributed by atoms with Crippen LogP contribution in [-0.4, -0.2) is 35.0 Å². The lowest BCUT2D eigenvalue weighted by atomic mass is 10.1. The average Bonchev–Trinajstić information content (AvgIpc) is 2.70. The molecule has 1 aliphatic heterocycles. The van der Waals surface area contributed by atoms with Crippen LogP contribution < -0.4 is 21.3 Å². The summed E-state index contributed by atoms with van der Waals surface area (Å²) in [5.41, 5.74) is 0.576. The average molecular weight is 432 g/mol. The van der Waals surface area contributed by atoms with Crippen LogP contribution in [0.3, 0.4) is 0 Å². The Hall–Kier alpha value is -2.12. The molecular weight excluding hydrogens is 390 g/mol. The molecule has 1 saturated heterocycles. The summed E-state index contributed by atoms with van der Waals surface area (Å²) < 4.78 is 0. The molecule has 1 unspecified atom stereocenters. The van der Waals surface area contributed by atoms with Crippen LogP contribution >= 0.6 is 0 Å². The fourth-order valence-corrected chi connectivity index (χ4v) is 3.96. The largest absolute Gasteiger partial charge is 0.481 e. The van der Waals surface area contributed by atoms with E-state index in [1.807, 2.05) is 44.2 Å². The van der Waals surface area contributed by atoms with Gasteiger partial charge in [-0.1, -0.05) is 82.2 Å². The molecular formula is C24H41N5O2. The van der Waals surface area contributed by atoms with Gasteiger partial charge in [0, 0.05) is 13.1 Å². The van der Waals surface area contributed by atoms with Gasteiger partial charge in [0.05, 0.1) is 12.1 Å². The second-order valence-electron chi connectivity index (χ2n) is 9.02. The highest BCUT2D eigenvalue weighted by Gasteiger charge is 2.42. The molecule has 7 heteroatoms. The van der Waals surface area contributed by atoms with E-state index in [1.54, 1.807) is 0 Å². The van der Waals surface area contributed by atoms with Crippen LogP contribution in [0.2, 0.25) is 0 Å². The molecule has 2 rings (SSSR count). The molecule has 0 spiro atoms. The summed E-state index contributed by atoms with van der Waals surface area (Å²) in [5.74, 6) is -1.25. The minimum atomic E-state index is -0.992.